The Morgan fingerprint density at radius 2 is 2.14 bits per heavy atom. The van der Waals surface area contributed by atoms with Crippen molar-refractivity contribution in [1.82, 2.24) is 0 Å². The van der Waals surface area contributed by atoms with Gasteiger partial charge >= 0.3 is 0 Å². The molecule has 0 aromatic heterocycles. The lowest BCUT2D eigenvalue weighted by Gasteiger charge is -2.52. The fourth-order valence-corrected chi connectivity index (χ4v) is 3.93. The first-order valence-corrected chi connectivity index (χ1v) is 5.66. The lowest BCUT2D eigenvalue weighted by Crippen LogP contribution is -2.42. The minimum Gasteiger partial charge on any atom is -0.0842 e. The third kappa shape index (κ3) is 0.648. The summed E-state index contributed by atoms with van der Waals surface area (Å²) in [5.41, 5.74) is 3.86. The Kier molecular flexibility index (Phi) is 1.11. The van der Waals surface area contributed by atoms with Gasteiger partial charge < -0.3 is 0 Å². The van der Waals surface area contributed by atoms with Crippen LogP contribution < -0.4 is 0 Å². The van der Waals surface area contributed by atoms with Crippen molar-refractivity contribution in [2.45, 2.75) is 25.2 Å². The molecule has 0 radical (unpaired) electrons. The monoisotopic (exact) mass is 182 g/mol. The fourth-order valence-electron chi connectivity index (χ4n) is 3.93. The highest BCUT2D eigenvalue weighted by Gasteiger charge is 2.57. The quantitative estimate of drug-likeness (QED) is 0.540. The van der Waals surface area contributed by atoms with Gasteiger partial charge in [-0.25, -0.2) is 0 Å². The van der Waals surface area contributed by atoms with Crippen molar-refractivity contribution in [2.75, 3.05) is 0 Å². The predicted octanol–water partition coefficient (Wildman–Crippen LogP) is 3.29. The van der Waals surface area contributed by atoms with Crippen LogP contribution in [0.3, 0.4) is 0 Å². The summed E-state index contributed by atoms with van der Waals surface area (Å²) in [6.07, 6.45) is 9.10. The number of hydrogen-bond acceptors (Lipinski definition) is 0. The summed E-state index contributed by atoms with van der Waals surface area (Å²) in [5.74, 6) is 1.73. The van der Waals surface area contributed by atoms with Crippen molar-refractivity contribution in [3.05, 3.63) is 47.5 Å². The number of allylic oxidation sites excluding steroid dienone is 2. The van der Waals surface area contributed by atoms with Crippen LogP contribution in [0.4, 0.5) is 0 Å². The topological polar surface area (TPSA) is 0 Å². The van der Waals surface area contributed by atoms with Gasteiger partial charge in [0, 0.05) is 0 Å². The second-order valence-electron chi connectivity index (χ2n) is 5.14. The Bertz CT molecular complexity index is 429. The van der Waals surface area contributed by atoms with Crippen molar-refractivity contribution in [1.29, 1.82) is 0 Å². The Morgan fingerprint density at radius 3 is 3.07 bits per heavy atom. The number of hydrogen-bond donors (Lipinski definition) is 0. The van der Waals surface area contributed by atoms with Gasteiger partial charge in [0.05, 0.1) is 0 Å². The summed E-state index contributed by atoms with van der Waals surface area (Å²) in [7, 11) is 0. The summed E-state index contributed by atoms with van der Waals surface area (Å²) >= 11 is 0. The maximum absolute atomic E-state index is 2.51. The first-order valence-electron chi connectivity index (χ1n) is 5.66. The second-order valence-corrected chi connectivity index (χ2v) is 5.14. The molecule has 0 nitrogen and oxygen atoms in total. The summed E-state index contributed by atoms with van der Waals surface area (Å²) in [6.45, 7) is 0. The van der Waals surface area contributed by atoms with Crippen LogP contribution in [-0.4, -0.2) is 0 Å². The highest BCUT2D eigenvalue weighted by Crippen LogP contribution is 2.67. The molecule has 1 aromatic rings. The summed E-state index contributed by atoms with van der Waals surface area (Å²) < 4.78 is 0. The van der Waals surface area contributed by atoms with Crippen molar-refractivity contribution < 1.29 is 0 Å². The maximum Gasteiger partial charge on any atom is -0.000443 e. The average Bonchev–Trinajstić information content (AvgIpc) is 2.75. The molecule has 1 spiro atoms. The van der Waals surface area contributed by atoms with Crippen LogP contribution in [0.5, 0.6) is 0 Å². The van der Waals surface area contributed by atoms with Crippen LogP contribution in [0.15, 0.2) is 36.4 Å². The van der Waals surface area contributed by atoms with E-state index in [9.17, 15) is 0 Å². The average molecular weight is 182 g/mol. The van der Waals surface area contributed by atoms with E-state index in [1.165, 1.54) is 19.3 Å². The smallest absolute Gasteiger partial charge is 0.000443 e. The van der Waals surface area contributed by atoms with Crippen molar-refractivity contribution in [2.24, 2.45) is 11.3 Å². The van der Waals surface area contributed by atoms with Crippen molar-refractivity contribution in [3.63, 3.8) is 0 Å². The zero-order chi connectivity index (χ0) is 9.17. The molecule has 2 bridgehead atoms. The third-order valence-electron chi connectivity index (χ3n) is 4.59. The molecule has 4 aliphatic rings. The largest absolute Gasteiger partial charge is 0.0842 e. The molecule has 0 heteroatoms. The van der Waals surface area contributed by atoms with Crippen LogP contribution in [0, 0.1) is 11.3 Å². The normalized spacial score (nSPS) is 41.4. The van der Waals surface area contributed by atoms with Gasteiger partial charge in [-0.05, 0) is 47.6 Å². The van der Waals surface area contributed by atoms with Gasteiger partial charge in [0.15, 0.2) is 0 Å². The SMILES string of the molecule is C1=CC23CCc4ccccc4C2C1C3. The number of fused-ring (bicyclic) bond motifs is 1. The lowest BCUT2D eigenvalue weighted by atomic mass is 9.52. The van der Waals surface area contributed by atoms with E-state index in [0.29, 0.717) is 5.41 Å². The van der Waals surface area contributed by atoms with Crippen LogP contribution in [-0.2, 0) is 6.42 Å². The Morgan fingerprint density at radius 1 is 1.21 bits per heavy atom. The molecule has 4 aliphatic carbocycles. The van der Waals surface area contributed by atoms with Gasteiger partial charge in [-0.15, -0.1) is 0 Å². The van der Waals surface area contributed by atoms with Gasteiger partial charge in [0.1, 0.15) is 0 Å². The van der Waals surface area contributed by atoms with Crippen molar-refractivity contribution >= 4 is 0 Å². The van der Waals surface area contributed by atoms with Gasteiger partial charge in [-0.3, -0.25) is 0 Å². The summed E-state index contributed by atoms with van der Waals surface area (Å²) in [4.78, 5) is 0. The highest BCUT2D eigenvalue weighted by molar-refractivity contribution is 5.45. The van der Waals surface area contributed by atoms with E-state index in [0.717, 1.165) is 11.8 Å². The summed E-state index contributed by atoms with van der Waals surface area (Å²) in [6, 6.07) is 9.06. The molecule has 0 N–H and O–H groups in total. The van der Waals surface area contributed by atoms with Crippen LogP contribution in [0.2, 0.25) is 0 Å². The first kappa shape index (κ1) is 7.28. The molecule has 70 valence electrons. The third-order valence-corrected chi connectivity index (χ3v) is 4.59. The fraction of sp³-hybridized carbons (Fsp3) is 0.429. The van der Waals surface area contributed by atoms with E-state index in [1.807, 2.05) is 0 Å². The molecule has 1 aromatic carbocycles. The maximum atomic E-state index is 2.51. The second kappa shape index (κ2) is 2.13. The summed E-state index contributed by atoms with van der Waals surface area (Å²) in [5, 5.41) is 0. The minimum absolute atomic E-state index is 0.596. The van der Waals surface area contributed by atoms with E-state index >= 15 is 0 Å². The van der Waals surface area contributed by atoms with Crippen molar-refractivity contribution in [3.8, 4) is 0 Å². The highest BCUT2D eigenvalue weighted by atomic mass is 14.6. The number of aryl methyl sites for hydroxylation is 1. The van der Waals surface area contributed by atoms with Gasteiger partial charge in [-0.2, -0.15) is 0 Å². The number of rotatable bonds is 0. The van der Waals surface area contributed by atoms with E-state index in [-0.39, 0.29) is 0 Å². The Balaban J connectivity index is 1.91. The molecule has 0 aliphatic heterocycles. The standard InChI is InChI=1S/C14H14/c1-2-4-12-10(3-1)5-7-14-8-6-11(9-14)13(12)14/h1-4,6,8,11,13H,5,7,9H2. The van der Waals surface area contributed by atoms with Gasteiger partial charge in [-0.1, -0.05) is 36.4 Å². The minimum atomic E-state index is 0.596. The zero-order valence-corrected chi connectivity index (χ0v) is 8.24. The first-order chi connectivity index (χ1) is 6.89. The molecule has 1 fully saturated rings. The molecular formula is C14H14. The molecule has 0 saturated heterocycles. The molecule has 5 rings (SSSR count). The Labute approximate surface area is 84.6 Å². The predicted molar refractivity (Wildman–Crippen MR) is 57.2 cm³/mol. The molecule has 3 atom stereocenters. The molecule has 14 heavy (non-hydrogen) atoms. The van der Waals surface area contributed by atoms with E-state index in [2.05, 4.69) is 36.4 Å². The van der Waals surface area contributed by atoms with Crippen LogP contribution >= 0.6 is 0 Å². The zero-order valence-electron chi connectivity index (χ0n) is 8.24. The van der Waals surface area contributed by atoms with Crippen LogP contribution in [0.25, 0.3) is 0 Å². The van der Waals surface area contributed by atoms with Crippen LogP contribution in [0.1, 0.15) is 29.9 Å². The molecule has 0 amide bonds. The Hall–Kier alpha value is -1.04. The lowest BCUT2D eigenvalue weighted by molar-refractivity contribution is 0.101. The number of benzene rings is 1. The molecule has 0 heterocycles. The van der Waals surface area contributed by atoms with E-state index < -0.39 is 0 Å². The van der Waals surface area contributed by atoms with Gasteiger partial charge in [0.2, 0.25) is 0 Å². The molecular weight excluding hydrogens is 168 g/mol. The molecule has 3 unspecified atom stereocenters. The van der Waals surface area contributed by atoms with E-state index in [1.54, 1.807) is 11.1 Å². The van der Waals surface area contributed by atoms with E-state index in [4.69, 9.17) is 0 Å². The van der Waals surface area contributed by atoms with Gasteiger partial charge in [0.25, 0.3) is 0 Å². The molecule has 1 saturated carbocycles.